The van der Waals surface area contributed by atoms with Crippen molar-refractivity contribution in [2.24, 2.45) is 0 Å². The smallest absolute Gasteiger partial charge is 0.261 e. The number of amides is 1. The molecule has 7 heteroatoms. The molecular formula is C14H14ClN3O3. The molecule has 6 nitrogen and oxygen atoms in total. The van der Waals surface area contributed by atoms with Gasteiger partial charge >= 0.3 is 0 Å². The SMILES string of the molecule is COc1cccc(C(=O)Nc2nc(C)cc(Cl)n2)c1OC. The average Bonchev–Trinajstić information content (AvgIpc) is 2.45. The molecule has 0 unspecified atom stereocenters. The van der Waals surface area contributed by atoms with E-state index in [1.54, 1.807) is 31.2 Å². The van der Waals surface area contributed by atoms with Gasteiger partial charge in [-0.25, -0.2) is 9.97 Å². The predicted octanol–water partition coefficient (Wildman–Crippen LogP) is 2.71. The molecule has 2 aromatic rings. The van der Waals surface area contributed by atoms with Gasteiger partial charge in [0.05, 0.1) is 19.8 Å². The number of hydrogen-bond acceptors (Lipinski definition) is 5. The lowest BCUT2D eigenvalue weighted by Gasteiger charge is -2.12. The van der Waals surface area contributed by atoms with Gasteiger partial charge in [-0.15, -0.1) is 0 Å². The van der Waals surface area contributed by atoms with Crippen molar-refractivity contribution in [3.63, 3.8) is 0 Å². The fraction of sp³-hybridized carbons (Fsp3) is 0.214. The summed E-state index contributed by atoms with van der Waals surface area (Å²) < 4.78 is 10.4. The fourth-order valence-corrected chi connectivity index (χ4v) is 2.06. The van der Waals surface area contributed by atoms with E-state index < -0.39 is 5.91 Å². The summed E-state index contributed by atoms with van der Waals surface area (Å²) in [6.07, 6.45) is 0. The lowest BCUT2D eigenvalue weighted by molar-refractivity contribution is 0.102. The van der Waals surface area contributed by atoms with Crippen LogP contribution in [0.4, 0.5) is 5.95 Å². The van der Waals surface area contributed by atoms with E-state index in [1.165, 1.54) is 14.2 Å². The van der Waals surface area contributed by atoms with E-state index in [9.17, 15) is 4.79 Å². The Labute approximate surface area is 127 Å². The number of nitrogens with one attached hydrogen (secondary N) is 1. The van der Waals surface area contributed by atoms with Gasteiger partial charge in [0.25, 0.3) is 5.91 Å². The zero-order chi connectivity index (χ0) is 15.4. The molecule has 0 aliphatic heterocycles. The zero-order valence-electron chi connectivity index (χ0n) is 11.8. The number of carbonyl (C=O) groups excluding carboxylic acids is 1. The third-order valence-electron chi connectivity index (χ3n) is 2.70. The second-order valence-electron chi connectivity index (χ2n) is 4.15. The summed E-state index contributed by atoms with van der Waals surface area (Å²) in [6, 6.07) is 6.62. The Kier molecular flexibility index (Phi) is 4.59. The van der Waals surface area contributed by atoms with E-state index >= 15 is 0 Å². The quantitative estimate of drug-likeness (QED) is 0.879. The Morgan fingerprint density at radius 3 is 2.62 bits per heavy atom. The number of aromatic nitrogens is 2. The zero-order valence-corrected chi connectivity index (χ0v) is 12.6. The van der Waals surface area contributed by atoms with Crippen LogP contribution < -0.4 is 14.8 Å². The molecule has 0 aliphatic rings. The first-order valence-corrected chi connectivity index (χ1v) is 6.46. The molecular weight excluding hydrogens is 294 g/mol. The average molecular weight is 308 g/mol. The third kappa shape index (κ3) is 3.41. The molecule has 1 amide bonds. The van der Waals surface area contributed by atoms with E-state index in [-0.39, 0.29) is 11.1 Å². The van der Waals surface area contributed by atoms with E-state index in [0.717, 1.165) is 0 Å². The molecule has 0 aliphatic carbocycles. The van der Waals surface area contributed by atoms with Gasteiger partial charge in [0, 0.05) is 5.69 Å². The van der Waals surface area contributed by atoms with Crippen molar-refractivity contribution >= 4 is 23.5 Å². The van der Waals surface area contributed by atoms with Crippen molar-refractivity contribution in [1.82, 2.24) is 9.97 Å². The molecule has 1 aromatic heterocycles. The molecule has 110 valence electrons. The monoisotopic (exact) mass is 307 g/mol. The highest BCUT2D eigenvalue weighted by Gasteiger charge is 2.17. The predicted molar refractivity (Wildman–Crippen MR) is 79.3 cm³/mol. The number of aryl methyl sites for hydroxylation is 1. The fourth-order valence-electron chi connectivity index (χ4n) is 1.82. The lowest BCUT2D eigenvalue weighted by Crippen LogP contribution is -2.16. The molecule has 0 atom stereocenters. The summed E-state index contributed by atoms with van der Waals surface area (Å²) in [5.74, 6) is 0.534. The third-order valence-corrected chi connectivity index (χ3v) is 2.89. The van der Waals surface area contributed by atoms with Crippen LogP contribution in [0.5, 0.6) is 11.5 Å². The number of halogens is 1. The Bertz CT molecular complexity index is 656. The maximum Gasteiger partial charge on any atom is 0.261 e. The molecule has 1 N–H and O–H groups in total. The number of benzene rings is 1. The maximum absolute atomic E-state index is 12.3. The van der Waals surface area contributed by atoms with Crippen molar-refractivity contribution in [1.29, 1.82) is 0 Å². The highest BCUT2D eigenvalue weighted by atomic mass is 35.5. The number of hydrogen-bond donors (Lipinski definition) is 1. The summed E-state index contributed by atoms with van der Waals surface area (Å²) in [5.41, 5.74) is 0.973. The highest BCUT2D eigenvalue weighted by Crippen LogP contribution is 2.31. The summed E-state index contributed by atoms with van der Waals surface area (Å²) in [5, 5.41) is 2.84. The van der Waals surface area contributed by atoms with Crippen LogP contribution >= 0.6 is 11.6 Å². The number of ether oxygens (including phenoxy) is 2. The van der Waals surface area contributed by atoms with E-state index in [1.807, 2.05) is 0 Å². The number of rotatable bonds is 4. The molecule has 0 spiro atoms. The van der Waals surface area contributed by atoms with Crippen LogP contribution in [0.2, 0.25) is 5.15 Å². The summed E-state index contributed by atoms with van der Waals surface area (Å²) in [4.78, 5) is 20.4. The summed E-state index contributed by atoms with van der Waals surface area (Å²) in [6.45, 7) is 1.76. The van der Waals surface area contributed by atoms with Gasteiger partial charge in [-0.05, 0) is 25.1 Å². The first-order valence-electron chi connectivity index (χ1n) is 6.08. The molecule has 2 rings (SSSR count). The molecule has 0 radical (unpaired) electrons. The number of anilines is 1. The molecule has 0 saturated carbocycles. The Hall–Kier alpha value is -2.34. The van der Waals surface area contributed by atoms with E-state index in [0.29, 0.717) is 22.8 Å². The summed E-state index contributed by atoms with van der Waals surface area (Å²) >= 11 is 5.84. The van der Waals surface area contributed by atoms with E-state index in [2.05, 4.69) is 15.3 Å². The molecule has 21 heavy (non-hydrogen) atoms. The van der Waals surface area contributed by atoms with Crippen molar-refractivity contribution in [3.8, 4) is 11.5 Å². The highest BCUT2D eigenvalue weighted by molar-refractivity contribution is 6.29. The Morgan fingerprint density at radius 1 is 1.24 bits per heavy atom. The van der Waals surface area contributed by atoms with Gasteiger partial charge in [-0.1, -0.05) is 17.7 Å². The number of methoxy groups -OCH3 is 2. The van der Waals surface area contributed by atoms with Crippen LogP contribution in [-0.2, 0) is 0 Å². The molecule has 0 bridgehead atoms. The largest absolute Gasteiger partial charge is 0.493 e. The van der Waals surface area contributed by atoms with Gasteiger partial charge < -0.3 is 9.47 Å². The maximum atomic E-state index is 12.3. The second kappa shape index (κ2) is 6.41. The second-order valence-corrected chi connectivity index (χ2v) is 4.54. The van der Waals surface area contributed by atoms with Crippen LogP contribution in [-0.4, -0.2) is 30.1 Å². The van der Waals surface area contributed by atoms with Crippen molar-refractivity contribution in [2.75, 3.05) is 19.5 Å². The van der Waals surface area contributed by atoms with Gasteiger partial charge in [-0.2, -0.15) is 0 Å². The number of carbonyl (C=O) groups is 1. The van der Waals surface area contributed by atoms with Crippen molar-refractivity contribution < 1.29 is 14.3 Å². The molecule has 1 heterocycles. The first-order chi connectivity index (χ1) is 10.0. The van der Waals surface area contributed by atoms with Gasteiger partial charge in [-0.3, -0.25) is 10.1 Å². The van der Waals surface area contributed by atoms with Gasteiger partial charge in [0.1, 0.15) is 5.15 Å². The minimum Gasteiger partial charge on any atom is -0.493 e. The molecule has 0 fully saturated rings. The van der Waals surface area contributed by atoms with Crippen LogP contribution in [0, 0.1) is 6.92 Å². The van der Waals surface area contributed by atoms with Crippen LogP contribution in [0.1, 0.15) is 16.1 Å². The van der Waals surface area contributed by atoms with Gasteiger partial charge in [0.2, 0.25) is 5.95 Å². The van der Waals surface area contributed by atoms with Crippen molar-refractivity contribution in [2.45, 2.75) is 6.92 Å². The minimum atomic E-state index is -0.410. The lowest BCUT2D eigenvalue weighted by atomic mass is 10.1. The van der Waals surface area contributed by atoms with Crippen molar-refractivity contribution in [3.05, 3.63) is 40.7 Å². The van der Waals surface area contributed by atoms with Crippen LogP contribution in [0.25, 0.3) is 0 Å². The number of para-hydroxylation sites is 1. The topological polar surface area (TPSA) is 73.3 Å². The number of nitrogens with zero attached hydrogens (tertiary/aromatic N) is 2. The van der Waals surface area contributed by atoms with Gasteiger partial charge in [0.15, 0.2) is 11.5 Å². The summed E-state index contributed by atoms with van der Waals surface area (Å²) in [7, 11) is 2.97. The Morgan fingerprint density at radius 2 is 2.00 bits per heavy atom. The standard InChI is InChI=1S/C14H14ClN3O3/c1-8-7-11(15)17-14(16-8)18-13(19)9-5-4-6-10(20-2)12(9)21-3/h4-7H,1-3H3,(H,16,17,18,19). The van der Waals surface area contributed by atoms with Crippen LogP contribution in [0.3, 0.4) is 0 Å². The first kappa shape index (κ1) is 15.1. The molecule has 0 saturated heterocycles. The molecule has 1 aromatic carbocycles. The Balaban J connectivity index is 2.32. The van der Waals surface area contributed by atoms with E-state index in [4.69, 9.17) is 21.1 Å². The normalized spacial score (nSPS) is 10.1. The van der Waals surface area contributed by atoms with Crippen LogP contribution in [0.15, 0.2) is 24.3 Å². The minimum absolute atomic E-state index is 0.134.